The van der Waals surface area contributed by atoms with Crippen LogP contribution in [-0.2, 0) is 4.79 Å². The molecule has 0 atom stereocenters. The SMILES string of the molecule is CN/N=C1\C(=N)C(c2cc(N)ccc2Oc2ccc(F)cc2F)=CN(C)C1=O. The molecule has 1 aliphatic heterocycles. The van der Waals surface area contributed by atoms with Gasteiger partial charge in [-0.15, -0.1) is 0 Å². The van der Waals surface area contributed by atoms with Gasteiger partial charge in [0, 0.05) is 43.2 Å². The minimum absolute atomic E-state index is 0.0937. The number of carbonyl (C=O) groups excluding carboxylic acids is 1. The van der Waals surface area contributed by atoms with E-state index in [-0.39, 0.29) is 22.9 Å². The number of allylic oxidation sites excluding steroid dienone is 1. The molecule has 2 aromatic rings. The Morgan fingerprint density at radius 3 is 2.57 bits per heavy atom. The van der Waals surface area contributed by atoms with Crippen molar-refractivity contribution >= 4 is 28.6 Å². The molecule has 0 unspecified atom stereocenters. The van der Waals surface area contributed by atoms with E-state index in [4.69, 9.17) is 15.9 Å². The lowest BCUT2D eigenvalue weighted by molar-refractivity contribution is -0.120. The molecule has 0 bridgehead atoms. The topological polar surface area (TPSA) is 104 Å². The van der Waals surface area contributed by atoms with Crippen molar-refractivity contribution in [2.75, 3.05) is 19.8 Å². The first-order valence-corrected chi connectivity index (χ1v) is 8.17. The van der Waals surface area contributed by atoms with Gasteiger partial charge in [-0.3, -0.25) is 10.2 Å². The summed E-state index contributed by atoms with van der Waals surface area (Å²) in [6.45, 7) is 0. The van der Waals surface area contributed by atoms with E-state index < -0.39 is 17.5 Å². The number of nitrogens with zero attached hydrogens (tertiary/aromatic N) is 2. The van der Waals surface area contributed by atoms with E-state index in [1.165, 1.54) is 37.3 Å². The summed E-state index contributed by atoms with van der Waals surface area (Å²) in [5, 5.41) is 12.2. The summed E-state index contributed by atoms with van der Waals surface area (Å²) in [6, 6.07) is 7.53. The van der Waals surface area contributed by atoms with Crippen LogP contribution >= 0.6 is 0 Å². The molecule has 7 nitrogen and oxygen atoms in total. The van der Waals surface area contributed by atoms with E-state index in [0.717, 1.165) is 12.1 Å². The van der Waals surface area contributed by atoms with Crippen molar-refractivity contribution < 1.29 is 18.3 Å². The fourth-order valence-corrected chi connectivity index (χ4v) is 2.66. The molecular weight excluding hydrogens is 368 g/mol. The van der Waals surface area contributed by atoms with Crippen molar-refractivity contribution in [1.29, 1.82) is 5.41 Å². The van der Waals surface area contributed by atoms with Crippen LogP contribution in [-0.4, -0.2) is 36.3 Å². The lowest BCUT2D eigenvalue weighted by Gasteiger charge is -2.24. The number of nitrogen functional groups attached to an aromatic ring is 1. The molecule has 0 spiro atoms. The molecule has 1 heterocycles. The van der Waals surface area contributed by atoms with E-state index in [2.05, 4.69) is 10.5 Å². The highest BCUT2D eigenvalue weighted by molar-refractivity contribution is 6.75. The van der Waals surface area contributed by atoms with Crippen molar-refractivity contribution in [3.8, 4) is 11.5 Å². The molecule has 0 fully saturated rings. The molecule has 1 amide bonds. The predicted molar refractivity (Wildman–Crippen MR) is 102 cm³/mol. The van der Waals surface area contributed by atoms with Crippen molar-refractivity contribution in [2.45, 2.75) is 0 Å². The van der Waals surface area contributed by atoms with Crippen LogP contribution in [0.1, 0.15) is 5.56 Å². The van der Waals surface area contributed by atoms with Gasteiger partial charge in [-0.25, -0.2) is 8.78 Å². The van der Waals surface area contributed by atoms with E-state index in [1.807, 2.05) is 0 Å². The van der Waals surface area contributed by atoms with Crippen LogP contribution < -0.4 is 15.9 Å². The monoisotopic (exact) mass is 385 g/mol. The number of hydrogen-bond acceptors (Lipinski definition) is 6. The highest BCUT2D eigenvalue weighted by Gasteiger charge is 2.31. The van der Waals surface area contributed by atoms with Crippen molar-refractivity contribution in [2.24, 2.45) is 5.10 Å². The summed E-state index contributed by atoms with van der Waals surface area (Å²) in [5.41, 5.74) is 9.18. The third kappa shape index (κ3) is 3.54. The van der Waals surface area contributed by atoms with Gasteiger partial charge in [-0.1, -0.05) is 0 Å². The Hall–Kier alpha value is -3.75. The van der Waals surface area contributed by atoms with Crippen molar-refractivity contribution in [3.63, 3.8) is 0 Å². The second-order valence-electron chi connectivity index (χ2n) is 5.95. The first kappa shape index (κ1) is 19.0. The summed E-state index contributed by atoms with van der Waals surface area (Å²) in [4.78, 5) is 13.5. The Morgan fingerprint density at radius 2 is 1.89 bits per heavy atom. The molecule has 9 heteroatoms. The molecule has 0 aromatic heterocycles. The number of amides is 1. The normalized spacial score (nSPS) is 15.6. The van der Waals surface area contributed by atoms with Crippen molar-refractivity contribution in [1.82, 2.24) is 10.3 Å². The molecule has 28 heavy (non-hydrogen) atoms. The second kappa shape index (κ2) is 7.47. The zero-order chi connectivity index (χ0) is 20.4. The van der Waals surface area contributed by atoms with E-state index in [1.54, 1.807) is 6.07 Å². The molecule has 4 N–H and O–H groups in total. The standard InChI is InChI=1S/C19H17F2N5O2/c1-24-25-18-17(23)13(9-26(2)19(18)27)12-8-11(22)4-6-15(12)28-16-5-3-10(20)7-14(16)21/h3-9,23-24H,22H2,1-2H3/b23-17?,25-18+. The van der Waals surface area contributed by atoms with E-state index in [0.29, 0.717) is 22.9 Å². The number of benzene rings is 2. The summed E-state index contributed by atoms with van der Waals surface area (Å²) in [5.74, 6) is -2.07. The van der Waals surface area contributed by atoms with Gasteiger partial charge < -0.3 is 20.8 Å². The minimum Gasteiger partial charge on any atom is -0.454 e. The van der Waals surface area contributed by atoms with Crippen LogP contribution in [0.3, 0.4) is 0 Å². The Morgan fingerprint density at radius 1 is 1.18 bits per heavy atom. The number of halogens is 2. The molecule has 144 valence electrons. The third-order valence-corrected chi connectivity index (χ3v) is 3.98. The summed E-state index contributed by atoms with van der Waals surface area (Å²) >= 11 is 0. The molecule has 0 radical (unpaired) electrons. The van der Waals surface area contributed by atoms with Gasteiger partial charge >= 0.3 is 0 Å². The third-order valence-electron chi connectivity index (χ3n) is 3.98. The number of anilines is 1. The Bertz CT molecular complexity index is 1030. The summed E-state index contributed by atoms with van der Waals surface area (Å²) in [7, 11) is 3.03. The number of ether oxygens (including phenoxy) is 1. The number of nitrogens with two attached hydrogens (primary N) is 1. The number of carbonyl (C=O) groups is 1. The maximum Gasteiger partial charge on any atom is 0.280 e. The van der Waals surface area contributed by atoms with Crippen molar-refractivity contribution in [3.05, 3.63) is 59.8 Å². The van der Waals surface area contributed by atoms with Crippen LogP contribution in [0.5, 0.6) is 11.5 Å². The zero-order valence-corrected chi connectivity index (χ0v) is 15.1. The lowest BCUT2D eigenvalue weighted by atomic mass is 9.94. The maximum atomic E-state index is 14.0. The number of nitrogens with one attached hydrogen (secondary N) is 2. The van der Waals surface area contributed by atoms with Crippen LogP contribution in [0.25, 0.3) is 5.57 Å². The molecule has 2 aromatic carbocycles. The lowest BCUT2D eigenvalue weighted by Crippen LogP contribution is -2.40. The maximum absolute atomic E-state index is 14.0. The van der Waals surface area contributed by atoms with Gasteiger partial charge in [0.2, 0.25) is 0 Å². The van der Waals surface area contributed by atoms with Gasteiger partial charge in [-0.05, 0) is 30.3 Å². The first-order valence-electron chi connectivity index (χ1n) is 8.17. The van der Waals surface area contributed by atoms with Gasteiger partial charge in [0.05, 0.1) is 5.71 Å². The predicted octanol–water partition coefficient (Wildman–Crippen LogP) is 2.75. The number of rotatable bonds is 4. The number of hydrazone groups is 1. The Labute approximate surface area is 159 Å². The average molecular weight is 385 g/mol. The van der Waals surface area contributed by atoms with Gasteiger partial charge in [0.25, 0.3) is 5.91 Å². The van der Waals surface area contributed by atoms with E-state index >= 15 is 0 Å². The fourth-order valence-electron chi connectivity index (χ4n) is 2.66. The quantitative estimate of drug-likeness (QED) is 0.556. The molecule has 3 rings (SSSR count). The number of hydrogen-bond donors (Lipinski definition) is 3. The highest BCUT2D eigenvalue weighted by atomic mass is 19.1. The molecule has 1 aliphatic rings. The van der Waals surface area contributed by atoms with E-state index in [9.17, 15) is 13.6 Å². The zero-order valence-electron chi connectivity index (χ0n) is 15.1. The largest absolute Gasteiger partial charge is 0.454 e. The fraction of sp³-hybridized carbons (Fsp3) is 0.105. The first-order chi connectivity index (χ1) is 13.3. The van der Waals surface area contributed by atoms with Gasteiger partial charge in [-0.2, -0.15) is 5.10 Å². The Kier molecular flexibility index (Phi) is 5.08. The Balaban J connectivity index is 2.10. The molecule has 0 aliphatic carbocycles. The second-order valence-corrected chi connectivity index (χ2v) is 5.95. The average Bonchev–Trinajstić information content (AvgIpc) is 2.65. The summed E-state index contributed by atoms with van der Waals surface area (Å²) < 4.78 is 32.8. The van der Waals surface area contributed by atoms with Crippen LogP contribution in [0, 0.1) is 17.0 Å². The van der Waals surface area contributed by atoms with Crippen LogP contribution in [0.2, 0.25) is 0 Å². The van der Waals surface area contributed by atoms with Crippen LogP contribution in [0.4, 0.5) is 14.5 Å². The van der Waals surface area contributed by atoms with Crippen LogP contribution in [0.15, 0.2) is 47.7 Å². The smallest absolute Gasteiger partial charge is 0.280 e. The molecule has 0 saturated carbocycles. The van der Waals surface area contributed by atoms with Gasteiger partial charge in [0.1, 0.15) is 11.6 Å². The molecular formula is C19H17F2N5O2. The minimum atomic E-state index is -0.875. The molecule has 0 saturated heterocycles. The summed E-state index contributed by atoms with van der Waals surface area (Å²) in [6.07, 6.45) is 1.45. The highest BCUT2D eigenvalue weighted by Crippen LogP contribution is 2.35. The van der Waals surface area contributed by atoms with Gasteiger partial charge in [0.15, 0.2) is 17.3 Å².